The van der Waals surface area contributed by atoms with Gasteiger partial charge in [0.1, 0.15) is 0 Å². The summed E-state index contributed by atoms with van der Waals surface area (Å²) < 4.78 is 0. The van der Waals surface area contributed by atoms with Crippen LogP contribution >= 0.6 is 23.2 Å². The Morgan fingerprint density at radius 3 is 2.65 bits per heavy atom. The van der Waals surface area contributed by atoms with E-state index in [4.69, 9.17) is 23.2 Å². The van der Waals surface area contributed by atoms with E-state index in [0.29, 0.717) is 22.6 Å². The van der Waals surface area contributed by atoms with Crippen LogP contribution in [-0.4, -0.2) is 29.9 Å². The van der Waals surface area contributed by atoms with Crippen LogP contribution in [-0.2, 0) is 11.3 Å². The molecule has 1 saturated heterocycles. The van der Waals surface area contributed by atoms with Gasteiger partial charge in [0, 0.05) is 19.1 Å². The first-order valence-corrected chi connectivity index (χ1v) is 7.86. The topological polar surface area (TPSA) is 32.3 Å². The maximum absolute atomic E-state index is 12.6. The van der Waals surface area contributed by atoms with Gasteiger partial charge in [-0.05, 0) is 43.5 Å². The molecule has 1 aromatic carbocycles. The van der Waals surface area contributed by atoms with Gasteiger partial charge in [0.25, 0.3) is 0 Å². The summed E-state index contributed by atoms with van der Waals surface area (Å²) in [4.78, 5) is 14.6. The van der Waals surface area contributed by atoms with Crippen molar-refractivity contribution in [2.75, 3.05) is 13.1 Å². The molecule has 20 heavy (non-hydrogen) atoms. The van der Waals surface area contributed by atoms with Crippen molar-refractivity contribution in [3.63, 3.8) is 0 Å². The van der Waals surface area contributed by atoms with Crippen LogP contribution in [0.15, 0.2) is 18.2 Å². The molecule has 1 aliphatic carbocycles. The summed E-state index contributed by atoms with van der Waals surface area (Å²) in [6, 6.07) is 6.02. The van der Waals surface area contributed by atoms with E-state index < -0.39 is 0 Å². The molecule has 1 atom stereocenters. The van der Waals surface area contributed by atoms with Crippen molar-refractivity contribution in [3.8, 4) is 0 Å². The maximum Gasteiger partial charge on any atom is 0.227 e. The number of benzene rings is 1. The van der Waals surface area contributed by atoms with Crippen molar-refractivity contribution in [2.45, 2.75) is 31.8 Å². The van der Waals surface area contributed by atoms with Crippen LogP contribution in [0.5, 0.6) is 0 Å². The summed E-state index contributed by atoms with van der Waals surface area (Å²) >= 11 is 12.0. The summed E-state index contributed by atoms with van der Waals surface area (Å²) in [5, 5.41) is 4.37. The lowest BCUT2D eigenvalue weighted by Crippen LogP contribution is -2.38. The van der Waals surface area contributed by atoms with Gasteiger partial charge in [-0.25, -0.2) is 0 Å². The second-order valence-corrected chi connectivity index (χ2v) is 6.45. The van der Waals surface area contributed by atoms with E-state index in [9.17, 15) is 4.79 Å². The SMILES string of the molecule is O=C(C1CCNC1)N(Cc1ccc(Cl)c(Cl)c1)C1CC1. The molecule has 3 nitrogen and oxygen atoms in total. The van der Waals surface area contributed by atoms with Crippen LogP contribution in [0.1, 0.15) is 24.8 Å². The van der Waals surface area contributed by atoms with Crippen molar-refractivity contribution < 1.29 is 4.79 Å². The van der Waals surface area contributed by atoms with E-state index in [1.165, 1.54) is 0 Å². The molecule has 1 heterocycles. The molecule has 1 aromatic rings. The Kier molecular flexibility index (Phi) is 4.20. The Hall–Kier alpha value is -0.770. The number of carbonyl (C=O) groups is 1. The Balaban J connectivity index is 1.73. The van der Waals surface area contributed by atoms with Crippen molar-refractivity contribution in [1.82, 2.24) is 10.2 Å². The molecule has 2 fully saturated rings. The number of hydrogen-bond acceptors (Lipinski definition) is 2. The molecule has 3 rings (SSSR count). The van der Waals surface area contributed by atoms with Gasteiger partial charge in [-0.3, -0.25) is 4.79 Å². The van der Waals surface area contributed by atoms with E-state index in [0.717, 1.165) is 37.9 Å². The van der Waals surface area contributed by atoms with E-state index in [2.05, 4.69) is 5.32 Å². The fourth-order valence-corrected chi connectivity index (χ4v) is 3.03. The van der Waals surface area contributed by atoms with Crippen LogP contribution in [0.4, 0.5) is 0 Å². The van der Waals surface area contributed by atoms with Crippen LogP contribution in [0.3, 0.4) is 0 Å². The Morgan fingerprint density at radius 2 is 2.05 bits per heavy atom. The Bertz CT molecular complexity index is 511. The van der Waals surface area contributed by atoms with Crippen molar-refractivity contribution in [2.24, 2.45) is 5.92 Å². The number of hydrogen-bond donors (Lipinski definition) is 1. The van der Waals surface area contributed by atoms with Gasteiger partial charge in [0.15, 0.2) is 0 Å². The molecule has 0 aromatic heterocycles. The third-order valence-corrected chi connectivity index (χ3v) is 4.76. The molecule has 1 saturated carbocycles. The summed E-state index contributed by atoms with van der Waals surface area (Å²) in [5.41, 5.74) is 1.05. The van der Waals surface area contributed by atoms with E-state index in [1.807, 2.05) is 17.0 Å². The number of rotatable bonds is 4. The lowest BCUT2D eigenvalue weighted by Gasteiger charge is -2.25. The predicted octanol–water partition coefficient (Wildman–Crippen LogP) is 3.09. The molecular formula is C15H18Cl2N2O. The van der Waals surface area contributed by atoms with E-state index in [1.54, 1.807) is 6.07 Å². The smallest absolute Gasteiger partial charge is 0.227 e. The average molecular weight is 313 g/mol. The number of nitrogens with zero attached hydrogens (tertiary/aromatic N) is 1. The van der Waals surface area contributed by atoms with Crippen LogP contribution in [0, 0.1) is 5.92 Å². The van der Waals surface area contributed by atoms with Gasteiger partial charge in [-0.15, -0.1) is 0 Å². The largest absolute Gasteiger partial charge is 0.335 e. The molecule has 1 unspecified atom stereocenters. The summed E-state index contributed by atoms with van der Waals surface area (Å²) in [6.45, 7) is 2.39. The molecule has 5 heteroatoms. The zero-order valence-corrected chi connectivity index (χ0v) is 12.8. The highest BCUT2D eigenvalue weighted by atomic mass is 35.5. The van der Waals surface area contributed by atoms with Crippen molar-refractivity contribution in [1.29, 1.82) is 0 Å². The highest BCUT2D eigenvalue weighted by Crippen LogP contribution is 2.31. The molecular weight excluding hydrogens is 295 g/mol. The molecule has 2 aliphatic rings. The molecule has 0 bridgehead atoms. The highest BCUT2D eigenvalue weighted by molar-refractivity contribution is 6.42. The van der Waals surface area contributed by atoms with Crippen LogP contribution in [0.25, 0.3) is 0 Å². The summed E-state index contributed by atoms with van der Waals surface area (Å²) in [6.07, 6.45) is 3.18. The first-order valence-electron chi connectivity index (χ1n) is 7.10. The molecule has 1 aliphatic heterocycles. The standard InChI is InChI=1S/C15H18Cl2N2O/c16-13-4-1-10(7-14(13)17)9-19(12-2-3-12)15(20)11-5-6-18-8-11/h1,4,7,11-12,18H,2-3,5-6,8-9H2. The maximum atomic E-state index is 12.6. The van der Waals surface area contributed by atoms with Gasteiger partial charge < -0.3 is 10.2 Å². The minimum atomic E-state index is 0.137. The summed E-state index contributed by atoms with van der Waals surface area (Å²) in [7, 11) is 0. The Labute approximate surface area is 129 Å². The first kappa shape index (κ1) is 14.2. The van der Waals surface area contributed by atoms with Gasteiger partial charge in [-0.2, -0.15) is 0 Å². The molecule has 1 amide bonds. The zero-order chi connectivity index (χ0) is 14.1. The zero-order valence-electron chi connectivity index (χ0n) is 11.2. The highest BCUT2D eigenvalue weighted by Gasteiger charge is 2.36. The third kappa shape index (κ3) is 3.11. The van der Waals surface area contributed by atoms with Crippen molar-refractivity contribution >= 4 is 29.1 Å². The average Bonchev–Trinajstić information content (AvgIpc) is 3.13. The van der Waals surface area contributed by atoms with Crippen molar-refractivity contribution in [3.05, 3.63) is 33.8 Å². The number of halogens is 2. The van der Waals surface area contributed by atoms with Gasteiger partial charge in [0.2, 0.25) is 5.91 Å². The van der Waals surface area contributed by atoms with Gasteiger partial charge >= 0.3 is 0 Å². The molecule has 0 spiro atoms. The monoisotopic (exact) mass is 312 g/mol. The van der Waals surface area contributed by atoms with Crippen LogP contribution < -0.4 is 5.32 Å². The second kappa shape index (κ2) is 5.92. The second-order valence-electron chi connectivity index (χ2n) is 5.64. The van der Waals surface area contributed by atoms with E-state index in [-0.39, 0.29) is 11.8 Å². The molecule has 108 valence electrons. The minimum absolute atomic E-state index is 0.137. The quantitative estimate of drug-likeness (QED) is 0.926. The van der Waals surface area contributed by atoms with Gasteiger partial charge in [-0.1, -0.05) is 29.3 Å². The van der Waals surface area contributed by atoms with Gasteiger partial charge in [0.05, 0.1) is 16.0 Å². The number of amides is 1. The molecule has 0 radical (unpaired) electrons. The normalized spacial score (nSPS) is 22.0. The predicted molar refractivity (Wildman–Crippen MR) is 81.0 cm³/mol. The minimum Gasteiger partial charge on any atom is -0.335 e. The number of nitrogens with one attached hydrogen (secondary N) is 1. The number of carbonyl (C=O) groups excluding carboxylic acids is 1. The fraction of sp³-hybridized carbons (Fsp3) is 0.533. The lowest BCUT2D eigenvalue weighted by atomic mass is 10.1. The van der Waals surface area contributed by atoms with Crippen LogP contribution in [0.2, 0.25) is 10.0 Å². The fourth-order valence-electron chi connectivity index (χ4n) is 2.71. The third-order valence-electron chi connectivity index (χ3n) is 4.02. The first-order chi connectivity index (χ1) is 9.65. The Morgan fingerprint density at radius 1 is 1.25 bits per heavy atom. The van der Waals surface area contributed by atoms with E-state index >= 15 is 0 Å². The lowest BCUT2D eigenvalue weighted by molar-refractivity contribution is -0.136. The molecule has 1 N–H and O–H groups in total. The summed E-state index contributed by atoms with van der Waals surface area (Å²) in [5.74, 6) is 0.418.